The van der Waals surface area contributed by atoms with Gasteiger partial charge in [-0.05, 0) is 26.4 Å². The summed E-state index contributed by atoms with van der Waals surface area (Å²) in [5.74, 6) is 0. The van der Waals surface area contributed by atoms with Crippen LogP contribution >= 0.6 is 0 Å². The fraction of sp³-hybridized carbons (Fsp3) is 0.538. The molecule has 5 heteroatoms. The van der Waals surface area contributed by atoms with Crippen LogP contribution in [0, 0.1) is 10.1 Å². The van der Waals surface area contributed by atoms with E-state index in [0.717, 1.165) is 18.7 Å². The van der Waals surface area contributed by atoms with Gasteiger partial charge in [-0.3, -0.25) is 10.1 Å². The highest BCUT2D eigenvalue weighted by atomic mass is 16.6. The lowest BCUT2D eigenvalue weighted by Gasteiger charge is -2.19. The molecule has 1 fully saturated rings. The van der Waals surface area contributed by atoms with Gasteiger partial charge in [0.1, 0.15) is 0 Å². The number of likely N-dealkylation sites (N-methyl/N-ethyl adjacent to an activating group) is 1. The molecule has 1 unspecified atom stereocenters. The number of hydrogen-bond donors (Lipinski definition) is 1. The van der Waals surface area contributed by atoms with E-state index in [1.807, 2.05) is 12.1 Å². The summed E-state index contributed by atoms with van der Waals surface area (Å²) in [6.07, 6.45) is 2.45. The molecule has 5 nitrogen and oxygen atoms in total. The van der Waals surface area contributed by atoms with Crippen molar-refractivity contribution in [3.63, 3.8) is 0 Å². The number of rotatable bonds is 5. The quantitative estimate of drug-likeness (QED) is 0.638. The highest BCUT2D eigenvalue weighted by Gasteiger charge is 2.20. The number of nitro groups is 1. The Hall–Kier alpha value is -1.46. The zero-order valence-electron chi connectivity index (χ0n) is 10.6. The predicted molar refractivity (Wildman–Crippen MR) is 70.5 cm³/mol. The molecule has 0 radical (unpaired) electrons. The van der Waals surface area contributed by atoms with Crippen molar-refractivity contribution in [2.24, 2.45) is 0 Å². The first-order valence-electron chi connectivity index (χ1n) is 6.31. The molecule has 1 saturated heterocycles. The van der Waals surface area contributed by atoms with Crippen LogP contribution < -0.4 is 5.32 Å². The van der Waals surface area contributed by atoms with Gasteiger partial charge in [0.15, 0.2) is 0 Å². The summed E-state index contributed by atoms with van der Waals surface area (Å²) in [5.41, 5.74) is 0.952. The van der Waals surface area contributed by atoms with Gasteiger partial charge in [-0.25, -0.2) is 0 Å². The van der Waals surface area contributed by atoms with E-state index in [9.17, 15) is 10.1 Å². The van der Waals surface area contributed by atoms with E-state index in [1.54, 1.807) is 12.1 Å². The molecule has 98 valence electrons. The molecule has 0 saturated carbocycles. The topological polar surface area (TPSA) is 58.4 Å². The lowest BCUT2D eigenvalue weighted by Crippen LogP contribution is -2.35. The summed E-state index contributed by atoms with van der Waals surface area (Å²) in [6.45, 7) is 2.60. The van der Waals surface area contributed by atoms with E-state index >= 15 is 0 Å². The Bertz CT molecular complexity index is 422. The molecule has 0 aromatic heterocycles. The molecule has 1 heterocycles. The minimum absolute atomic E-state index is 0.199. The van der Waals surface area contributed by atoms with Crippen molar-refractivity contribution >= 4 is 5.69 Å². The van der Waals surface area contributed by atoms with Crippen molar-refractivity contribution in [3.05, 3.63) is 39.9 Å². The molecule has 0 amide bonds. The van der Waals surface area contributed by atoms with Crippen LogP contribution in [0.4, 0.5) is 5.69 Å². The number of nitrogens with one attached hydrogen (secondary N) is 1. The summed E-state index contributed by atoms with van der Waals surface area (Å²) in [4.78, 5) is 12.9. The summed E-state index contributed by atoms with van der Waals surface area (Å²) in [7, 11) is 2.13. The van der Waals surface area contributed by atoms with Crippen LogP contribution in [0.25, 0.3) is 0 Å². The van der Waals surface area contributed by atoms with E-state index in [-0.39, 0.29) is 10.6 Å². The lowest BCUT2D eigenvalue weighted by molar-refractivity contribution is -0.385. The smallest absolute Gasteiger partial charge is 0.273 e. The lowest BCUT2D eigenvalue weighted by atomic mass is 10.1. The monoisotopic (exact) mass is 249 g/mol. The summed E-state index contributed by atoms with van der Waals surface area (Å²) >= 11 is 0. The van der Waals surface area contributed by atoms with Gasteiger partial charge in [0.2, 0.25) is 0 Å². The van der Waals surface area contributed by atoms with E-state index < -0.39 is 0 Å². The third kappa shape index (κ3) is 3.05. The Balaban J connectivity index is 1.88. The average Bonchev–Trinajstić information content (AvgIpc) is 2.76. The predicted octanol–water partition coefficient (Wildman–Crippen LogP) is 1.78. The average molecular weight is 249 g/mol. The molecule has 1 atom stereocenters. The van der Waals surface area contributed by atoms with Crippen molar-refractivity contribution in [1.82, 2.24) is 10.2 Å². The van der Waals surface area contributed by atoms with Crippen LogP contribution in [0.2, 0.25) is 0 Å². The number of nitro benzene ring substituents is 1. The largest absolute Gasteiger partial charge is 0.311 e. The van der Waals surface area contributed by atoms with Crippen LogP contribution in [0.15, 0.2) is 24.3 Å². The van der Waals surface area contributed by atoms with Gasteiger partial charge in [-0.15, -0.1) is 0 Å². The first-order valence-corrected chi connectivity index (χ1v) is 6.31. The third-order valence-electron chi connectivity index (χ3n) is 3.56. The first-order chi connectivity index (χ1) is 8.68. The highest BCUT2D eigenvalue weighted by Crippen LogP contribution is 2.18. The number of hydrogen-bond acceptors (Lipinski definition) is 4. The molecule has 1 N–H and O–H groups in total. The second kappa shape index (κ2) is 5.93. The molecule has 0 bridgehead atoms. The zero-order valence-corrected chi connectivity index (χ0v) is 10.6. The van der Waals surface area contributed by atoms with Crippen LogP contribution in [0.1, 0.15) is 18.4 Å². The molecule has 0 spiro atoms. The summed E-state index contributed by atoms with van der Waals surface area (Å²) in [6, 6.07) is 7.47. The fourth-order valence-electron chi connectivity index (χ4n) is 2.45. The van der Waals surface area contributed by atoms with Crippen molar-refractivity contribution in [1.29, 1.82) is 0 Å². The Morgan fingerprint density at radius 1 is 1.50 bits per heavy atom. The first kappa shape index (κ1) is 13.0. The normalized spacial score (nSPS) is 20.2. The minimum Gasteiger partial charge on any atom is -0.311 e. The Morgan fingerprint density at radius 2 is 2.28 bits per heavy atom. The van der Waals surface area contributed by atoms with Gasteiger partial charge in [-0.2, -0.15) is 0 Å². The molecular weight excluding hydrogens is 230 g/mol. The van der Waals surface area contributed by atoms with Gasteiger partial charge in [0, 0.05) is 30.8 Å². The molecule has 1 aliphatic heterocycles. The number of para-hydroxylation sites is 1. The molecule has 0 aliphatic carbocycles. The molecule has 1 aromatic carbocycles. The van der Waals surface area contributed by atoms with Gasteiger partial charge in [0.05, 0.1) is 4.92 Å². The second-order valence-corrected chi connectivity index (χ2v) is 4.79. The van der Waals surface area contributed by atoms with Crippen molar-refractivity contribution in [2.75, 3.05) is 20.1 Å². The number of nitrogens with zero attached hydrogens (tertiary/aromatic N) is 2. The van der Waals surface area contributed by atoms with Gasteiger partial charge < -0.3 is 10.2 Å². The van der Waals surface area contributed by atoms with Gasteiger partial charge in [-0.1, -0.05) is 18.2 Å². The van der Waals surface area contributed by atoms with Crippen molar-refractivity contribution in [3.8, 4) is 0 Å². The molecule has 2 rings (SSSR count). The molecular formula is C13H19N3O2. The van der Waals surface area contributed by atoms with Crippen LogP contribution in [0.5, 0.6) is 0 Å². The third-order valence-corrected chi connectivity index (χ3v) is 3.56. The summed E-state index contributed by atoms with van der Waals surface area (Å²) in [5, 5.41) is 14.2. The Labute approximate surface area is 107 Å². The maximum atomic E-state index is 10.9. The Morgan fingerprint density at radius 3 is 2.94 bits per heavy atom. The molecule has 1 aromatic rings. The van der Waals surface area contributed by atoms with Crippen LogP contribution in [0.3, 0.4) is 0 Å². The van der Waals surface area contributed by atoms with Crippen LogP contribution in [-0.2, 0) is 6.54 Å². The number of likely N-dealkylation sites (tertiary alicyclic amines) is 1. The maximum absolute atomic E-state index is 10.9. The van der Waals surface area contributed by atoms with Crippen molar-refractivity contribution in [2.45, 2.75) is 25.4 Å². The molecule has 1 aliphatic rings. The van der Waals surface area contributed by atoms with E-state index in [2.05, 4.69) is 17.3 Å². The van der Waals surface area contributed by atoms with E-state index in [1.165, 1.54) is 12.8 Å². The summed E-state index contributed by atoms with van der Waals surface area (Å²) < 4.78 is 0. The SMILES string of the molecule is CN1CCCC1CNCc1ccccc1[N+](=O)[O-]. The number of benzene rings is 1. The van der Waals surface area contributed by atoms with E-state index in [0.29, 0.717) is 12.6 Å². The molecule has 18 heavy (non-hydrogen) atoms. The highest BCUT2D eigenvalue weighted by molar-refractivity contribution is 5.39. The van der Waals surface area contributed by atoms with Crippen LogP contribution in [-0.4, -0.2) is 36.0 Å². The minimum atomic E-state index is -0.321. The fourth-order valence-corrected chi connectivity index (χ4v) is 2.45. The Kier molecular flexibility index (Phi) is 4.28. The van der Waals surface area contributed by atoms with Gasteiger partial charge >= 0.3 is 0 Å². The second-order valence-electron chi connectivity index (χ2n) is 4.79. The van der Waals surface area contributed by atoms with E-state index in [4.69, 9.17) is 0 Å². The zero-order chi connectivity index (χ0) is 13.0. The maximum Gasteiger partial charge on any atom is 0.273 e. The van der Waals surface area contributed by atoms with Gasteiger partial charge in [0.25, 0.3) is 5.69 Å². The van der Waals surface area contributed by atoms with Crippen molar-refractivity contribution < 1.29 is 4.92 Å². The standard InChI is InChI=1S/C13H19N3O2/c1-15-8-4-6-12(15)10-14-9-11-5-2-3-7-13(11)16(17)18/h2-3,5,7,12,14H,4,6,8-10H2,1H3.